The number of nitrogens with one attached hydrogen (secondary N) is 1. The topological polar surface area (TPSA) is 41.6 Å². The van der Waals surface area contributed by atoms with E-state index in [-0.39, 0.29) is 12.5 Å². The van der Waals surface area contributed by atoms with Crippen molar-refractivity contribution in [3.05, 3.63) is 54.1 Å². The van der Waals surface area contributed by atoms with Gasteiger partial charge in [-0.2, -0.15) is 0 Å². The third-order valence-corrected chi connectivity index (χ3v) is 5.72. The maximum Gasteiger partial charge on any atom is 0.262 e. The Kier molecular flexibility index (Phi) is 6.96. The van der Waals surface area contributed by atoms with Gasteiger partial charge in [-0.3, -0.25) is 4.79 Å². The van der Waals surface area contributed by atoms with Gasteiger partial charge >= 0.3 is 0 Å². The number of benzene rings is 2. The molecule has 0 aromatic heterocycles. The summed E-state index contributed by atoms with van der Waals surface area (Å²) < 4.78 is 5.62. The summed E-state index contributed by atoms with van der Waals surface area (Å²) in [5, 5.41) is 2.91. The summed E-state index contributed by atoms with van der Waals surface area (Å²) in [5.74, 6) is 1.11. The molecule has 1 aliphatic heterocycles. The second-order valence-corrected chi connectivity index (χ2v) is 7.80. The molecule has 1 N–H and O–H groups in total. The highest BCUT2D eigenvalue weighted by atomic mass is 16.5. The molecule has 1 saturated heterocycles. The number of carbonyl (C=O) groups is 1. The lowest BCUT2D eigenvalue weighted by Gasteiger charge is -2.35. The minimum atomic E-state index is -0.148. The van der Waals surface area contributed by atoms with Crippen LogP contribution in [0.25, 0.3) is 0 Å². The van der Waals surface area contributed by atoms with Crippen LogP contribution in [0.3, 0.4) is 0 Å². The largest absolute Gasteiger partial charge is 0.484 e. The van der Waals surface area contributed by atoms with Crippen LogP contribution in [0, 0.1) is 0 Å². The van der Waals surface area contributed by atoms with E-state index in [9.17, 15) is 4.79 Å². The highest BCUT2D eigenvalue weighted by Crippen LogP contribution is 2.26. The molecule has 0 aliphatic carbocycles. The first-order valence-electron chi connectivity index (χ1n) is 10.5. The van der Waals surface area contributed by atoms with E-state index in [4.69, 9.17) is 4.74 Å². The number of piperidine rings is 1. The van der Waals surface area contributed by atoms with Gasteiger partial charge in [-0.15, -0.1) is 0 Å². The lowest BCUT2D eigenvalue weighted by atomic mass is 9.99. The molecule has 2 aromatic rings. The number of anilines is 2. The van der Waals surface area contributed by atoms with Crippen LogP contribution in [0.5, 0.6) is 5.75 Å². The van der Waals surface area contributed by atoms with Gasteiger partial charge in [0.1, 0.15) is 5.75 Å². The SMILES string of the molecule is CC[C@H](C)c1ccc(OCC(=O)Nc2ccc(N3CCCC[C@H]3C)cc2)cc1. The third-order valence-electron chi connectivity index (χ3n) is 5.72. The van der Waals surface area contributed by atoms with Crippen molar-refractivity contribution in [2.24, 2.45) is 0 Å². The monoisotopic (exact) mass is 380 g/mol. The molecule has 2 aromatic carbocycles. The van der Waals surface area contributed by atoms with E-state index in [1.54, 1.807) is 0 Å². The van der Waals surface area contributed by atoms with Crippen molar-refractivity contribution in [1.82, 2.24) is 0 Å². The quantitative estimate of drug-likeness (QED) is 0.680. The maximum absolute atomic E-state index is 12.2. The van der Waals surface area contributed by atoms with Crippen LogP contribution in [-0.2, 0) is 4.79 Å². The smallest absolute Gasteiger partial charge is 0.262 e. The fraction of sp³-hybridized carbons (Fsp3) is 0.458. The molecule has 3 rings (SSSR count). The van der Waals surface area contributed by atoms with Crippen LogP contribution < -0.4 is 15.0 Å². The summed E-state index contributed by atoms with van der Waals surface area (Å²) in [6, 6.07) is 16.7. The number of hydrogen-bond acceptors (Lipinski definition) is 3. The average molecular weight is 381 g/mol. The predicted molar refractivity (Wildman–Crippen MR) is 116 cm³/mol. The molecule has 2 atom stereocenters. The van der Waals surface area contributed by atoms with Crippen LogP contribution in [0.15, 0.2) is 48.5 Å². The van der Waals surface area contributed by atoms with E-state index in [2.05, 4.69) is 55.3 Å². The van der Waals surface area contributed by atoms with E-state index < -0.39 is 0 Å². The van der Waals surface area contributed by atoms with E-state index in [1.165, 1.54) is 30.5 Å². The lowest BCUT2D eigenvalue weighted by Crippen LogP contribution is -2.37. The molecule has 150 valence electrons. The Morgan fingerprint density at radius 2 is 1.86 bits per heavy atom. The van der Waals surface area contributed by atoms with E-state index in [0.717, 1.165) is 24.4 Å². The Labute approximate surface area is 168 Å². The molecule has 4 nitrogen and oxygen atoms in total. The van der Waals surface area contributed by atoms with Crippen molar-refractivity contribution in [2.75, 3.05) is 23.4 Å². The highest BCUT2D eigenvalue weighted by molar-refractivity contribution is 5.92. The summed E-state index contributed by atoms with van der Waals surface area (Å²) in [6.45, 7) is 7.78. The Bertz CT molecular complexity index is 755. The normalized spacial score (nSPS) is 17.8. The fourth-order valence-electron chi connectivity index (χ4n) is 3.69. The number of carbonyl (C=O) groups excluding carboxylic acids is 1. The lowest BCUT2D eigenvalue weighted by molar-refractivity contribution is -0.118. The zero-order chi connectivity index (χ0) is 19.9. The zero-order valence-corrected chi connectivity index (χ0v) is 17.3. The van der Waals surface area contributed by atoms with Crippen molar-refractivity contribution in [3.63, 3.8) is 0 Å². The van der Waals surface area contributed by atoms with Gasteiger partial charge in [-0.05, 0) is 80.5 Å². The standard InChI is InChI=1S/C24H32N2O2/c1-4-18(2)20-8-14-23(15-9-20)28-17-24(27)25-21-10-12-22(13-11-21)26-16-6-5-7-19(26)3/h8-15,18-19H,4-7,16-17H2,1-3H3,(H,25,27)/t18-,19+/m0/s1. The van der Waals surface area contributed by atoms with Crippen LogP contribution in [-0.4, -0.2) is 25.1 Å². The van der Waals surface area contributed by atoms with Gasteiger partial charge in [-0.1, -0.05) is 26.0 Å². The first kappa shape index (κ1) is 20.2. The molecule has 0 radical (unpaired) electrons. The molecule has 28 heavy (non-hydrogen) atoms. The van der Waals surface area contributed by atoms with Gasteiger partial charge in [0.2, 0.25) is 0 Å². The van der Waals surface area contributed by atoms with Gasteiger partial charge in [0.25, 0.3) is 5.91 Å². The highest BCUT2D eigenvalue weighted by Gasteiger charge is 2.18. The second-order valence-electron chi connectivity index (χ2n) is 7.80. The summed E-state index contributed by atoms with van der Waals surface area (Å²) in [7, 11) is 0. The minimum Gasteiger partial charge on any atom is -0.484 e. The number of hydrogen-bond donors (Lipinski definition) is 1. The number of nitrogens with zero attached hydrogens (tertiary/aromatic N) is 1. The molecule has 1 fully saturated rings. The first-order chi connectivity index (χ1) is 13.6. The van der Waals surface area contributed by atoms with Crippen molar-refractivity contribution in [2.45, 2.75) is 58.4 Å². The Morgan fingerprint density at radius 1 is 1.14 bits per heavy atom. The Morgan fingerprint density at radius 3 is 2.50 bits per heavy atom. The molecule has 1 aliphatic rings. The summed E-state index contributed by atoms with van der Waals surface area (Å²) in [6.07, 6.45) is 4.91. The molecule has 4 heteroatoms. The summed E-state index contributed by atoms with van der Waals surface area (Å²) in [5.41, 5.74) is 3.32. The van der Waals surface area contributed by atoms with Crippen LogP contribution in [0.4, 0.5) is 11.4 Å². The van der Waals surface area contributed by atoms with Crippen molar-refractivity contribution in [1.29, 1.82) is 0 Å². The van der Waals surface area contributed by atoms with Crippen LogP contribution >= 0.6 is 0 Å². The van der Waals surface area contributed by atoms with E-state index >= 15 is 0 Å². The molecule has 1 amide bonds. The first-order valence-corrected chi connectivity index (χ1v) is 10.5. The van der Waals surface area contributed by atoms with Gasteiger partial charge in [-0.25, -0.2) is 0 Å². The number of rotatable bonds is 7. The third kappa shape index (κ3) is 5.28. The molecule has 0 unspecified atom stereocenters. The van der Waals surface area contributed by atoms with Crippen LogP contribution in [0.2, 0.25) is 0 Å². The summed E-state index contributed by atoms with van der Waals surface area (Å²) in [4.78, 5) is 14.6. The van der Waals surface area contributed by atoms with Crippen molar-refractivity contribution < 1.29 is 9.53 Å². The fourth-order valence-corrected chi connectivity index (χ4v) is 3.69. The second kappa shape index (κ2) is 9.63. The van der Waals surface area contributed by atoms with Crippen molar-refractivity contribution in [3.8, 4) is 5.75 Å². The summed E-state index contributed by atoms with van der Waals surface area (Å²) >= 11 is 0. The average Bonchev–Trinajstić information content (AvgIpc) is 2.73. The van der Waals surface area contributed by atoms with Crippen LogP contribution in [0.1, 0.15) is 57.9 Å². The Hall–Kier alpha value is -2.49. The van der Waals surface area contributed by atoms with Gasteiger partial charge in [0.15, 0.2) is 6.61 Å². The molecule has 0 spiro atoms. The molecular formula is C24H32N2O2. The van der Waals surface area contributed by atoms with Gasteiger partial charge in [0, 0.05) is 24.0 Å². The predicted octanol–water partition coefficient (Wildman–Crippen LogP) is 5.60. The maximum atomic E-state index is 12.2. The molecule has 0 bridgehead atoms. The van der Waals surface area contributed by atoms with Gasteiger partial charge < -0.3 is 15.0 Å². The zero-order valence-electron chi connectivity index (χ0n) is 17.3. The van der Waals surface area contributed by atoms with E-state index in [1.807, 2.05) is 24.3 Å². The van der Waals surface area contributed by atoms with Crippen molar-refractivity contribution >= 4 is 17.3 Å². The minimum absolute atomic E-state index is 0.00753. The number of ether oxygens (including phenoxy) is 1. The number of amides is 1. The van der Waals surface area contributed by atoms with E-state index in [0.29, 0.717) is 12.0 Å². The Balaban J connectivity index is 1.49. The molecule has 1 heterocycles. The molecule has 0 saturated carbocycles. The van der Waals surface area contributed by atoms with Gasteiger partial charge in [0.05, 0.1) is 0 Å². The molecular weight excluding hydrogens is 348 g/mol.